The molecule has 36 heavy (non-hydrogen) atoms. The number of nitrogens with zero attached hydrogens (tertiary/aromatic N) is 4. The summed E-state index contributed by atoms with van der Waals surface area (Å²) in [6.45, 7) is 5.65. The quantitative estimate of drug-likeness (QED) is 0.529. The van der Waals surface area contributed by atoms with E-state index in [9.17, 15) is 13.2 Å². The Kier molecular flexibility index (Phi) is 7.06. The molecule has 0 atom stereocenters. The molecule has 1 aromatic heterocycles. The number of nitrogens with one attached hydrogen (secondary N) is 2. The number of benzene rings is 2. The highest BCUT2D eigenvalue weighted by Gasteiger charge is 2.25. The van der Waals surface area contributed by atoms with Gasteiger partial charge in [0.1, 0.15) is 5.82 Å². The number of pyridine rings is 1. The lowest BCUT2D eigenvalue weighted by Crippen LogP contribution is -2.49. The topological polar surface area (TPSA) is 97.9 Å². The van der Waals surface area contributed by atoms with E-state index in [0.29, 0.717) is 37.4 Å². The van der Waals surface area contributed by atoms with E-state index in [1.807, 2.05) is 29.2 Å². The molecule has 5 rings (SSSR count). The Balaban J connectivity index is 1.38. The van der Waals surface area contributed by atoms with Crippen molar-refractivity contribution < 1.29 is 13.2 Å². The number of hydrogen-bond donors (Lipinski definition) is 2. The monoisotopic (exact) mass is 506 g/mol. The summed E-state index contributed by atoms with van der Waals surface area (Å²) in [5.41, 5.74) is 1.65. The van der Waals surface area contributed by atoms with Crippen molar-refractivity contribution in [2.75, 3.05) is 66.9 Å². The lowest BCUT2D eigenvalue weighted by molar-refractivity contribution is 0.0746. The highest BCUT2D eigenvalue weighted by molar-refractivity contribution is 7.92. The highest BCUT2D eigenvalue weighted by Crippen LogP contribution is 2.30. The van der Waals surface area contributed by atoms with Crippen LogP contribution in [-0.4, -0.2) is 76.6 Å². The van der Waals surface area contributed by atoms with Crippen LogP contribution in [-0.2, 0) is 10.0 Å². The predicted molar refractivity (Wildman–Crippen MR) is 141 cm³/mol. The van der Waals surface area contributed by atoms with E-state index in [-0.39, 0.29) is 10.8 Å². The van der Waals surface area contributed by atoms with Gasteiger partial charge >= 0.3 is 0 Å². The molecule has 2 aliphatic heterocycles. The maximum Gasteiger partial charge on any atom is 0.261 e. The molecule has 0 spiro atoms. The summed E-state index contributed by atoms with van der Waals surface area (Å²) in [5.74, 6) is 0.797. The molecule has 2 N–H and O–H groups in total. The van der Waals surface area contributed by atoms with Crippen LogP contribution in [0.5, 0.6) is 0 Å². The summed E-state index contributed by atoms with van der Waals surface area (Å²) >= 11 is 0. The molecule has 0 unspecified atom stereocenters. The Morgan fingerprint density at radius 1 is 0.833 bits per heavy atom. The zero-order chi connectivity index (χ0) is 25.0. The van der Waals surface area contributed by atoms with Gasteiger partial charge in [-0.25, -0.2) is 13.4 Å². The van der Waals surface area contributed by atoms with E-state index in [4.69, 9.17) is 0 Å². The van der Waals surface area contributed by atoms with Crippen LogP contribution >= 0.6 is 0 Å². The van der Waals surface area contributed by atoms with Gasteiger partial charge in [-0.1, -0.05) is 24.3 Å². The van der Waals surface area contributed by atoms with Crippen molar-refractivity contribution >= 4 is 33.1 Å². The molecule has 3 heterocycles. The molecule has 2 saturated heterocycles. The molecule has 188 valence electrons. The number of amides is 1. The van der Waals surface area contributed by atoms with Gasteiger partial charge < -0.3 is 20.0 Å². The summed E-state index contributed by atoms with van der Waals surface area (Å²) in [5, 5.41) is 3.32. The largest absolute Gasteiger partial charge is 0.367 e. The second kappa shape index (κ2) is 10.5. The maximum atomic E-state index is 13.4. The first-order valence-electron chi connectivity index (χ1n) is 12.1. The van der Waals surface area contributed by atoms with Crippen LogP contribution in [0.1, 0.15) is 10.4 Å². The SMILES string of the molecule is O=C(c1ccc(N2CCNCC2)c(NS(=O)(=O)c2ccccc2)c1)N1CCN(c2ccccn2)CC1. The van der Waals surface area contributed by atoms with Crippen molar-refractivity contribution in [1.82, 2.24) is 15.2 Å². The number of carbonyl (C=O) groups excluding carboxylic acids is 1. The van der Waals surface area contributed by atoms with Crippen LogP contribution in [0, 0.1) is 0 Å². The Hall–Kier alpha value is -3.63. The maximum absolute atomic E-state index is 13.4. The molecule has 9 nitrogen and oxygen atoms in total. The van der Waals surface area contributed by atoms with Crippen LogP contribution in [0.4, 0.5) is 17.2 Å². The average molecular weight is 507 g/mol. The van der Waals surface area contributed by atoms with Crippen molar-refractivity contribution in [3.05, 3.63) is 78.5 Å². The summed E-state index contributed by atoms with van der Waals surface area (Å²) in [6.07, 6.45) is 1.77. The van der Waals surface area contributed by atoms with Crippen molar-refractivity contribution in [2.24, 2.45) is 0 Å². The highest BCUT2D eigenvalue weighted by atomic mass is 32.2. The third-order valence-electron chi connectivity index (χ3n) is 6.54. The first-order valence-corrected chi connectivity index (χ1v) is 13.6. The molecule has 0 radical (unpaired) electrons. The molecular weight excluding hydrogens is 476 g/mol. The lowest BCUT2D eigenvalue weighted by Gasteiger charge is -2.35. The van der Waals surface area contributed by atoms with Crippen molar-refractivity contribution in [1.29, 1.82) is 0 Å². The number of carbonyl (C=O) groups is 1. The number of piperazine rings is 2. The number of sulfonamides is 1. The van der Waals surface area contributed by atoms with Gasteiger partial charge in [0, 0.05) is 64.1 Å². The summed E-state index contributed by atoms with van der Waals surface area (Å²) in [4.78, 5) is 24.1. The molecule has 1 amide bonds. The zero-order valence-corrected chi connectivity index (χ0v) is 20.8. The second-order valence-electron chi connectivity index (χ2n) is 8.85. The van der Waals surface area contributed by atoms with Crippen LogP contribution in [0.2, 0.25) is 0 Å². The standard InChI is InChI=1S/C26H30N6O3S/c33-26(32-18-16-31(17-19-32)25-8-4-5-11-28-25)21-9-10-24(30-14-12-27-13-15-30)23(20-21)29-36(34,35)22-6-2-1-3-7-22/h1-11,20,27,29H,12-19H2. The van der Waals surface area contributed by atoms with Gasteiger partial charge in [0.2, 0.25) is 0 Å². The van der Waals surface area contributed by atoms with Gasteiger partial charge in [-0.05, 0) is 42.5 Å². The van der Waals surface area contributed by atoms with E-state index in [2.05, 4.69) is 24.8 Å². The van der Waals surface area contributed by atoms with E-state index in [1.165, 1.54) is 0 Å². The fourth-order valence-electron chi connectivity index (χ4n) is 4.60. The normalized spacial score (nSPS) is 16.6. The Bertz CT molecular complexity index is 1290. The second-order valence-corrected chi connectivity index (χ2v) is 10.5. The van der Waals surface area contributed by atoms with E-state index in [0.717, 1.165) is 37.7 Å². The molecule has 0 bridgehead atoms. The Labute approximate surface area is 211 Å². The van der Waals surface area contributed by atoms with Gasteiger partial charge in [-0.15, -0.1) is 0 Å². The number of rotatable bonds is 6. The van der Waals surface area contributed by atoms with Crippen LogP contribution in [0.25, 0.3) is 0 Å². The molecule has 2 aromatic carbocycles. The number of anilines is 3. The fraction of sp³-hybridized carbons (Fsp3) is 0.308. The average Bonchev–Trinajstić information content (AvgIpc) is 2.94. The van der Waals surface area contributed by atoms with Crippen molar-refractivity contribution in [2.45, 2.75) is 4.90 Å². The summed E-state index contributed by atoms with van der Waals surface area (Å²) in [7, 11) is -3.81. The van der Waals surface area contributed by atoms with Gasteiger partial charge in [-0.3, -0.25) is 9.52 Å². The van der Waals surface area contributed by atoms with Crippen molar-refractivity contribution in [3.63, 3.8) is 0 Å². The molecule has 2 aliphatic rings. The minimum atomic E-state index is -3.81. The number of aromatic nitrogens is 1. The summed E-state index contributed by atoms with van der Waals surface area (Å²) < 4.78 is 29.0. The lowest BCUT2D eigenvalue weighted by atomic mass is 10.1. The number of hydrogen-bond acceptors (Lipinski definition) is 7. The zero-order valence-electron chi connectivity index (χ0n) is 20.0. The summed E-state index contributed by atoms with van der Waals surface area (Å²) in [6, 6.07) is 19.4. The molecule has 10 heteroatoms. The molecule has 0 saturated carbocycles. The van der Waals surface area contributed by atoms with Crippen LogP contribution in [0.15, 0.2) is 77.8 Å². The van der Waals surface area contributed by atoms with Gasteiger partial charge in [0.25, 0.3) is 15.9 Å². The van der Waals surface area contributed by atoms with Crippen molar-refractivity contribution in [3.8, 4) is 0 Å². The molecule has 2 fully saturated rings. The molecular formula is C26H30N6O3S. The first kappa shape index (κ1) is 24.1. The van der Waals surface area contributed by atoms with Gasteiger partial charge in [0.15, 0.2) is 0 Å². The third kappa shape index (κ3) is 5.29. The Morgan fingerprint density at radius 3 is 2.25 bits per heavy atom. The van der Waals surface area contributed by atoms with Gasteiger partial charge in [0.05, 0.1) is 16.3 Å². The molecule has 3 aromatic rings. The van der Waals surface area contributed by atoms with E-state index in [1.54, 1.807) is 48.7 Å². The van der Waals surface area contributed by atoms with Crippen LogP contribution in [0.3, 0.4) is 0 Å². The van der Waals surface area contributed by atoms with Crippen LogP contribution < -0.4 is 19.8 Å². The van der Waals surface area contributed by atoms with E-state index < -0.39 is 10.0 Å². The smallest absolute Gasteiger partial charge is 0.261 e. The Morgan fingerprint density at radius 2 is 1.56 bits per heavy atom. The minimum Gasteiger partial charge on any atom is -0.367 e. The molecule has 0 aliphatic carbocycles. The van der Waals surface area contributed by atoms with E-state index >= 15 is 0 Å². The first-order chi connectivity index (χ1) is 17.5. The minimum absolute atomic E-state index is 0.109. The third-order valence-corrected chi connectivity index (χ3v) is 7.92. The fourth-order valence-corrected chi connectivity index (χ4v) is 5.68. The predicted octanol–water partition coefficient (Wildman–Crippen LogP) is 2.25. The van der Waals surface area contributed by atoms with Gasteiger partial charge in [-0.2, -0.15) is 0 Å².